The van der Waals surface area contributed by atoms with E-state index in [0.717, 1.165) is 57.8 Å². The Labute approximate surface area is 223 Å². The molecule has 0 bridgehead atoms. The number of ether oxygens (including phenoxy) is 1. The molecule has 5 aliphatic rings. The molecule has 0 heterocycles. The van der Waals surface area contributed by atoms with Crippen LogP contribution in [-0.2, 0) is 14.3 Å². The molecule has 4 fully saturated rings. The van der Waals surface area contributed by atoms with E-state index in [1.807, 2.05) is 0 Å². The summed E-state index contributed by atoms with van der Waals surface area (Å²) in [5.74, 6) is -0.317. The monoisotopic (exact) mass is 514 g/mol. The van der Waals surface area contributed by atoms with Gasteiger partial charge in [-0.05, 0) is 96.7 Å². The van der Waals surface area contributed by atoms with Crippen molar-refractivity contribution in [3.8, 4) is 0 Å². The molecule has 37 heavy (non-hydrogen) atoms. The first-order valence-corrected chi connectivity index (χ1v) is 14.7. The summed E-state index contributed by atoms with van der Waals surface area (Å²) in [5.41, 5.74) is 0.176. The van der Waals surface area contributed by atoms with E-state index in [2.05, 4.69) is 54.5 Å². The van der Waals surface area contributed by atoms with Crippen molar-refractivity contribution in [1.82, 2.24) is 0 Å². The fraction of sp³-hybridized carbons (Fsp3) is 0.875. The minimum Gasteiger partial charge on any atom is -0.481 e. The lowest BCUT2D eigenvalue weighted by Crippen LogP contribution is -2.68. The normalized spacial score (nSPS) is 49.9. The number of hydrogen-bond acceptors (Lipinski definition) is 4. The van der Waals surface area contributed by atoms with Crippen LogP contribution in [0.15, 0.2) is 11.6 Å². The van der Waals surface area contributed by atoms with Crippen molar-refractivity contribution in [2.24, 2.45) is 50.2 Å². The van der Waals surface area contributed by atoms with Gasteiger partial charge in [-0.1, -0.05) is 60.1 Å². The van der Waals surface area contributed by atoms with Gasteiger partial charge in [-0.3, -0.25) is 9.59 Å². The number of fused-ring (bicyclic) bond motifs is 7. The Morgan fingerprint density at radius 2 is 1.59 bits per heavy atom. The maximum Gasteiger partial charge on any atom is 0.310 e. The van der Waals surface area contributed by atoms with E-state index in [9.17, 15) is 19.8 Å². The lowest BCUT2D eigenvalue weighted by molar-refractivity contribution is -0.248. The number of aliphatic hydroxyl groups is 1. The molecule has 0 spiro atoms. The summed E-state index contributed by atoms with van der Waals surface area (Å²) in [7, 11) is 0. The first-order chi connectivity index (χ1) is 16.9. The number of carbonyl (C=O) groups is 2. The highest BCUT2D eigenvalue weighted by Gasteiger charge is 2.71. The lowest BCUT2D eigenvalue weighted by Gasteiger charge is -2.72. The predicted molar refractivity (Wildman–Crippen MR) is 144 cm³/mol. The molecule has 0 aromatic carbocycles. The van der Waals surface area contributed by atoms with Crippen LogP contribution in [0.25, 0.3) is 0 Å². The van der Waals surface area contributed by atoms with Gasteiger partial charge in [0, 0.05) is 12.8 Å². The number of esters is 1. The van der Waals surface area contributed by atoms with Gasteiger partial charge in [0.2, 0.25) is 0 Å². The molecule has 0 saturated heterocycles. The van der Waals surface area contributed by atoms with E-state index in [1.165, 1.54) is 12.5 Å². The first-order valence-electron chi connectivity index (χ1n) is 14.7. The summed E-state index contributed by atoms with van der Waals surface area (Å²) < 4.78 is 6.18. The van der Waals surface area contributed by atoms with Crippen LogP contribution in [-0.4, -0.2) is 34.4 Å². The van der Waals surface area contributed by atoms with Gasteiger partial charge >= 0.3 is 11.9 Å². The van der Waals surface area contributed by atoms with E-state index in [0.29, 0.717) is 5.92 Å². The summed E-state index contributed by atoms with van der Waals surface area (Å²) in [5, 5.41) is 21.7. The zero-order chi connectivity index (χ0) is 27.4. The molecule has 0 aromatic heterocycles. The van der Waals surface area contributed by atoms with E-state index in [-0.39, 0.29) is 51.0 Å². The van der Waals surface area contributed by atoms with Crippen LogP contribution < -0.4 is 0 Å². The number of carboxylic acid groups (broad SMARTS) is 1. The molecule has 9 atom stereocenters. The van der Waals surface area contributed by atoms with Crippen LogP contribution in [0.1, 0.15) is 113 Å². The van der Waals surface area contributed by atoms with Crippen molar-refractivity contribution in [2.75, 3.05) is 0 Å². The molecule has 0 radical (unpaired) electrons. The number of hydrogen-bond donors (Lipinski definition) is 2. The Morgan fingerprint density at radius 1 is 0.946 bits per heavy atom. The molecule has 208 valence electrons. The smallest absolute Gasteiger partial charge is 0.310 e. The molecule has 5 heteroatoms. The van der Waals surface area contributed by atoms with Gasteiger partial charge in [-0.25, -0.2) is 0 Å². The van der Waals surface area contributed by atoms with Gasteiger partial charge in [0.1, 0.15) is 6.10 Å². The molecule has 5 rings (SSSR count). The predicted octanol–water partition coefficient (Wildman–Crippen LogP) is 6.78. The third kappa shape index (κ3) is 3.50. The van der Waals surface area contributed by atoms with E-state index < -0.39 is 17.5 Å². The Bertz CT molecular complexity index is 1030. The molecule has 0 unspecified atom stereocenters. The minimum absolute atomic E-state index is 0.0626. The highest BCUT2D eigenvalue weighted by atomic mass is 16.5. The average Bonchev–Trinajstić information content (AvgIpc) is 2.76. The number of aliphatic hydroxyl groups excluding tert-OH is 1. The van der Waals surface area contributed by atoms with E-state index in [4.69, 9.17) is 4.74 Å². The van der Waals surface area contributed by atoms with Crippen LogP contribution in [0.5, 0.6) is 0 Å². The molecular weight excluding hydrogens is 464 g/mol. The Kier molecular flexibility index (Phi) is 5.95. The summed E-state index contributed by atoms with van der Waals surface area (Å²) in [4.78, 5) is 25.3. The number of rotatable bonds is 2. The largest absolute Gasteiger partial charge is 0.481 e. The lowest BCUT2D eigenvalue weighted by atomic mass is 9.33. The van der Waals surface area contributed by atoms with Gasteiger partial charge in [0.15, 0.2) is 0 Å². The summed E-state index contributed by atoms with van der Waals surface area (Å²) in [6, 6.07) is 0. The van der Waals surface area contributed by atoms with Gasteiger partial charge in [0.25, 0.3) is 0 Å². The molecule has 4 saturated carbocycles. The summed E-state index contributed by atoms with van der Waals surface area (Å²) in [6.45, 7) is 17.7. The summed E-state index contributed by atoms with van der Waals surface area (Å²) >= 11 is 0. The van der Waals surface area contributed by atoms with Crippen molar-refractivity contribution < 1.29 is 24.5 Å². The number of aliphatic carboxylic acids is 1. The molecular formula is C32H50O5. The number of allylic oxidation sites excluding steroid dienone is 2. The number of carboxylic acids is 1. The zero-order valence-corrected chi connectivity index (χ0v) is 24.4. The number of carbonyl (C=O) groups excluding carboxylic acids is 1. The van der Waals surface area contributed by atoms with Crippen molar-refractivity contribution in [3.05, 3.63) is 11.6 Å². The second-order valence-corrected chi connectivity index (χ2v) is 15.8. The fourth-order valence-electron chi connectivity index (χ4n) is 11.1. The van der Waals surface area contributed by atoms with Crippen molar-refractivity contribution in [3.63, 3.8) is 0 Å². The van der Waals surface area contributed by atoms with Gasteiger partial charge in [-0.15, -0.1) is 0 Å². The first kappa shape index (κ1) is 27.2. The molecule has 5 nitrogen and oxygen atoms in total. The highest BCUT2D eigenvalue weighted by Crippen LogP contribution is 2.76. The third-order valence-electron chi connectivity index (χ3n) is 13.2. The molecule has 0 amide bonds. The van der Waals surface area contributed by atoms with Crippen molar-refractivity contribution in [1.29, 1.82) is 0 Å². The summed E-state index contributed by atoms with van der Waals surface area (Å²) in [6.07, 6.45) is 9.47. The van der Waals surface area contributed by atoms with E-state index in [1.54, 1.807) is 0 Å². The Hall–Kier alpha value is -1.36. The van der Waals surface area contributed by atoms with Crippen LogP contribution in [0.4, 0.5) is 0 Å². The van der Waals surface area contributed by atoms with Crippen LogP contribution in [0, 0.1) is 50.2 Å². The average molecular weight is 515 g/mol. The Morgan fingerprint density at radius 3 is 2.22 bits per heavy atom. The topological polar surface area (TPSA) is 83.8 Å². The zero-order valence-electron chi connectivity index (χ0n) is 24.4. The molecule has 0 aliphatic heterocycles. The van der Waals surface area contributed by atoms with Crippen LogP contribution in [0.3, 0.4) is 0 Å². The quantitative estimate of drug-likeness (QED) is 0.314. The second kappa shape index (κ2) is 8.08. The van der Waals surface area contributed by atoms with Crippen LogP contribution in [0.2, 0.25) is 0 Å². The maximum atomic E-state index is 12.9. The Balaban J connectivity index is 1.65. The SMILES string of the molecule is CC(=O)O[C@H]1C[C@]2(C)[C@H](CC=C3[C@@H]4CC(C)(C)CC[C@]4(C(=O)O)CC[C@]32C)[C@@]2(C)CC[C@H](O)C(C)(C)[C@@H]12. The standard InChI is InChI=1S/C32H50O5/c1-19(33)37-22-18-31(8)23(29(6)12-11-24(34)28(4,5)25(22)29)10-9-20-21-17-27(2,3)13-15-32(21,26(35)36)16-14-30(20,31)7/h9,21-25,34H,10-18H2,1-8H3,(H,35,36)/t21-,22-,23+,24-,25+,29+,30+,31+,32-/m0/s1. The second-order valence-electron chi connectivity index (χ2n) is 15.8. The molecule has 0 aromatic rings. The van der Waals surface area contributed by atoms with Crippen molar-refractivity contribution in [2.45, 2.75) is 125 Å². The minimum atomic E-state index is -0.655. The molecule has 5 aliphatic carbocycles. The van der Waals surface area contributed by atoms with Gasteiger partial charge in [-0.2, -0.15) is 0 Å². The highest BCUT2D eigenvalue weighted by molar-refractivity contribution is 5.76. The molecule has 2 N–H and O–H groups in total. The fourth-order valence-corrected chi connectivity index (χ4v) is 11.1. The third-order valence-corrected chi connectivity index (χ3v) is 13.2. The van der Waals surface area contributed by atoms with E-state index >= 15 is 0 Å². The van der Waals surface area contributed by atoms with Crippen LogP contribution >= 0.6 is 0 Å². The van der Waals surface area contributed by atoms with Crippen molar-refractivity contribution >= 4 is 11.9 Å². The van der Waals surface area contributed by atoms with Gasteiger partial charge < -0.3 is 14.9 Å². The maximum absolute atomic E-state index is 12.9. The van der Waals surface area contributed by atoms with Gasteiger partial charge in [0.05, 0.1) is 11.5 Å².